The fourth-order valence-electron chi connectivity index (χ4n) is 3.87. The maximum atomic E-state index is 13.6. The molecule has 1 amide bonds. The molecule has 0 bridgehead atoms. The van der Waals surface area contributed by atoms with Crippen molar-refractivity contribution in [3.63, 3.8) is 0 Å². The number of nitrogens with zero attached hydrogens (tertiary/aromatic N) is 2. The highest BCUT2D eigenvalue weighted by atomic mass is 32.1. The molecule has 0 saturated heterocycles. The molecule has 0 spiro atoms. The van der Waals surface area contributed by atoms with Crippen LogP contribution in [0.1, 0.15) is 45.8 Å². The first-order chi connectivity index (χ1) is 15.3. The van der Waals surface area contributed by atoms with Crippen LogP contribution in [0.4, 0.5) is 5.69 Å². The van der Waals surface area contributed by atoms with Crippen LogP contribution in [-0.2, 0) is 4.79 Å². The van der Waals surface area contributed by atoms with Crippen LogP contribution in [0.25, 0.3) is 0 Å². The van der Waals surface area contributed by atoms with Crippen LogP contribution in [0.15, 0.2) is 65.9 Å². The molecule has 2 aromatic carbocycles. The van der Waals surface area contributed by atoms with Crippen molar-refractivity contribution in [2.45, 2.75) is 39.8 Å². The van der Waals surface area contributed by atoms with Crippen LogP contribution in [0, 0.1) is 13.8 Å². The Morgan fingerprint density at radius 2 is 1.75 bits per heavy atom. The van der Waals surface area contributed by atoms with Crippen molar-refractivity contribution >= 4 is 28.7 Å². The number of carbonyl (C=O) groups excluding carboxylic acids is 2. The highest BCUT2D eigenvalue weighted by Crippen LogP contribution is 2.43. The Morgan fingerprint density at radius 1 is 1.09 bits per heavy atom. The Balaban J connectivity index is 1.84. The third-order valence-electron chi connectivity index (χ3n) is 5.16. The number of aliphatic hydroxyl groups excluding tert-OH is 1. The molecule has 1 N–H and O–H groups in total. The average molecular weight is 449 g/mol. The van der Waals surface area contributed by atoms with E-state index in [0.717, 1.165) is 5.01 Å². The van der Waals surface area contributed by atoms with Gasteiger partial charge in [-0.2, -0.15) is 0 Å². The summed E-state index contributed by atoms with van der Waals surface area (Å²) in [5.74, 6) is -0.831. The number of hydrogen-bond acceptors (Lipinski definition) is 6. The van der Waals surface area contributed by atoms with Crippen LogP contribution in [0.2, 0.25) is 0 Å². The van der Waals surface area contributed by atoms with Gasteiger partial charge in [-0.3, -0.25) is 14.5 Å². The van der Waals surface area contributed by atoms with Crippen LogP contribution in [0.5, 0.6) is 5.75 Å². The van der Waals surface area contributed by atoms with Gasteiger partial charge in [0.05, 0.1) is 33.3 Å². The third-order valence-corrected chi connectivity index (χ3v) is 6.24. The summed E-state index contributed by atoms with van der Waals surface area (Å²) in [6, 6.07) is 15.5. The number of ether oxygens (including phenoxy) is 1. The standard InChI is InChI=1S/C25H24N2O4S/c1-14(2)31-19-12-10-17(11-13-19)21-20(22(28)24-15(3)26-16(4)32-24)23(29)25(30)27(21)18-8-6-5-7-9-18/h5-14,21,29H,1-4H3. The minimum absolute atomic E-state index is 0.0216. The van der Waals surface area contributed by atoms with E-state index in [2.05, 4.69) is 4.98 Å². The zero-order chi connectivity index (χ0) is 23.0. The molecule has 0 aliphatic carbocycles. The molecule has 4 rings (SSSR count). The SMILES string of the molecule is Cc1nc(C)c(C(=O)C2=C(O)C(=O)N(c3ccccc3)C2c2ccc(OC(C)C)cc2)s1. The summed E-state index contributed by atoms with van der Waals surface area (Å²) >= 11 is 1.26. The number of para-hydroxylation sites is 1. The zero-order valence-corrected chi connectivity index (χ0v) is 19.1. The number of benzene rings is 2. The van der Waals surface area contributed by atoms with Crippen LogP contribution >= 0.6 is 11.3 Å². The molecule has 0 saturated carbocycles. The van der Waals surface area contributed by atoms with E-state index in [1.165, 1.54) is 16.2 Å². The molecule has 1 unspecified atom stereocenters. The number of aliphatic hydroxyl groups is 1. The molecule has 32 heavy (non-hydrogen) atoms. The second-order valence-electron chi connectivity index (χ2n) is 7.89. The Labute approximate surface area is 190 Å². The molecule has 0 radical (unpaired) electrons. The quantitative estimate of drug-likeness (QED) is 0.516. The predicted octanol–water partition coefficient (Wildman–Crippen LogP) is 5.33. The highest BCUT2D eigenvalue weighted by Gasteiger charge is 2.45. The first kappa shape index (κ1) is 21.8. The average Bonchev–Trinajstić information content (AvgIpc) is 3.24. The smallest absolute Gasteiger partial charge is 0.294 e. The monoisotopic (exact) mass is 448 g/mol. The van der Waals surface area contributed by atoms with Crippen molar-refractivity contribution in [3.05, 3.63) is 87.1 Å². The lowest BCUT2D eigenvalue weighted by Crippen LogP contribution is -2.31. The van der Waals surface area contributed by atoms with Crippen LogP contribution < -0.4 is 9.64 Å². The van der Waals surface area contributed by atoms with E-state index in [1.54, 1.807) is 19.1 Å². The molecule has 164 valence electrons. The van der Waals surface area contributed by atoms with Gasteiger partial charge in [-0.05, 0) is 57.5 Å². The number of carbonyl (C=O) groups is 2. The molecule has 1 atom stereocenters. The second-order valence-corrected chi connectivity index (χ2v) is 9.09. The lowest BCUT2D eigenvalue weighted by molar-refractivity contribution is -0.117. The first-order valence-electron chi connectivity index (χ1n) is 10.3. The van der Waals surface area contributed by atoms with E-state index in [9.17, 15) is 14.7 Å². The zero-order valence-electron chi connectivity index (χ0n) is 18.3. The number of anilines is 1. The number of aryl methyl sites for hydroxylation is 2. The molecule has 0 fully saturated rings. The van der Waals surface area contributed by atoms with Gasteiger partial charge in [-0.15, -0.1) is 11.3 Å². The van der Waals surface area contributed by atoms with E-state index in [-0.39, 0.29) is 17.5 Å². The lowest BCUT2D eigenvalue weighted by atomic mass is 9.94. The van der Waals surface area contributed by atoms with E-state index in [4.69, 9.17) is 4.74 Å². The first-order valence-corrected chi connectivity index (χ1v) is 11.2. The van der Waals surface area contributed by atoms with E-state index >= 15 is 0 Å². The normalized spacial score (nSPS) is 16.2. The second kappa shape index (κ2) is 8.59. The minimum Gasteiger partial charge on any atom is -0.503 e. The maximum Gasteiger partial charge on any atom is 0.294 e. The fourth-order valence-corrected chi connectivity index (χ4v) is 4.75. The molecule has 6 nitrogen and oxygen atoms in total. The summed E-state index contributed by atoms with van der Waals surface area (Å²) in [6.07, 6.45) is 0.0216. The van der Waals surface area contributed by atoms with Gasteiger partial charge in [-0.25, -0.2) is 4.98 Å². The van der Waals surface area contributed by atoms with Gasteiger partial charge in [-0.1, -0.05) is 30.3 Å². The van der Waals surface area contributed by atoms with Gasteiger partial charge >= 0.3 is 0 Å². The molecule has 2 heterocycles. The molecule has 7 heteroatoms. The van der Waals surface area contributed by atoms with Gasteiger partial charge < -0.3 is 9.84 Å². The maximum absolute atomic E-state index is 13.6. The Kier molecular flexibility index (Phi) is 5.84. The molecule has 1 aromatic heterocycles. The van der Waals surface area contributed by atoms with Crippen LogP contribution in [-0.4, -0.2) is 27.9 Å². The van der Waals surface area contributed by atoms with Crippen molar-refractivity contribution in [1.82, 2.24) is 4.98 Å². The fraction of sp³-hybridized carbons (Fsp3) is 0.240. The van der Waals surface area contributed by atoms with Crippen molar-refractivity contribution in [3.8, 4) is 5.75 Å². The highest BCUT2D eigenvalue weighted by molar-refractivity contribution is 7.14. The number of amides is 1. The van der Waals surface area contributed by atoms with Gasteiger partial charge in [0.1, 0.15) is 5.75 Å². The summed E-state index contributed by atoms with van der Waals surface area (Å²) < 4.78 is 5.73. The number of rotatable bonds is 6. The summed E-state index contributed by atoms with van der Waals surface area (Å²) in [5, 5.41) is 11.6. The Morgan fingerprint density at radius 3 is 2.31 bits per heavy atom. The summed E-state index contributed by atoms with van der Waals surface area (Å²) in [7, 11) is 0. The van der Waals surface area contributed by atoms with Gasteiger partial charge in [0.2, 0.25) is 5.78 Å². The topological polar surface area (TPSA) is 79.7 Å². The lowest BCUT2D eigenvalue weighted by Gasteiger charge is -2.27. The number of hydrogen-bond donors (Lipinski definition) is 1. The van der Waals surface area contributed by atoms with Gasteiger partial charge in [0, 0.05) is 5.69 Å². The summed E-state index contributed by atoms with van der Waals surface area (Å²) in [4.78, 5) is 33.0. The predicted molar refractivity (Wildman–Crippen MR) is 124 cm³/mol. The number of aromatic nitrogens is 1. The summed E-state index contributed by atoms with van der Waals surface area (Å²) in [5.41, 5.74) is 1.94. The van der Waals surface area contributed by atoms with Crippen molar-refractivity contribution < 1.29 is 19.4 Å². The molecular weight excluding hydrogens is 424 g/mol. The molecule has 1 aliphatic rings. The number of thiazole rings is 1. The minimum atomic E-state index is -0.771. The number of ketones is 1. The van der Waals surface area contributed by atoms with E-state index in [1.807, 2.05) is 63.2 Å². The van der Waals surface area contributed by atoms with Crippen molar-refractivity contribution in [2.24, 2.45) is 0 Å². The van der Waals surface area contributed by atoms with Gasteiger partial charge in [0.25, 0.3) is 5.91 Å². The Hall–Kier alpha value is -3.45. The van der Waals surface area contributed by atoms with E-state index < -0.39 is 17.7 Å². The van der Waals surface area contributed by atoms with Crippen LogP contribution in [0.3, 0.4) is 0 Å². The number of Topliss-reactive ketones (excluding diaryl/α,β-unsaturated/α-hetero) is 1. The molecular formula is C25H24N2O4S. The van der Waals surface area contributed by atoms with Crippen molar-refractivity contribution in [2.75, 3.05) is 4.90 Å². The van der Waals surface area contributed by atoms with E-state index in [0.29, 0.717) is 27.6 Å². The molecule has 1 aliphatic heterocycles. The van der Waals surface area contributed by atoms with Crippen molar-refractivity contribution in [1.29, 1.82) is 0 Å². The molecule has 3 aromatic rings. The van der Waals surface area contributed by atoms with Gasteiger partial charge in [0.15, 0.2) is 5.76 Å². The Bertz CT molecular complexity index is 1200. The third kappa shape index (κ3) is 3.91. The largest absolute Gasteiger partial charge is 0.503 e. The summed E-state index contributed by atoms with van der Waals surface area (Å²) in [6.45, 7) is 7.46.